The Labute approximate surface area is 121 Å². The summed E-state index contributed by atoms with van der Waals surface area (Å²) in [5.41, 5.74) is -0.282. The van der Waals surface area contributed by atoms with Crippen LogP contribution in [0, 0.1) is 5.82 Å². The monoisotopic (exact) mass is 347 g/mol. The van der Waals surface area contributed by atoms with E-state index < -0.39 is 17.6 Å². The molecule has 1 nitrogen and oxygen atoms in total. The van der Waals surface area contributed by atoms with Crippen molar-refractivity contribution in [1.29, 1.82) is 0 Å². The highest BCUT2D eigenvalue weighted by molar-refractivity contribution is 9.10. The van der Waals surface area contributed by atoms with Crippen LogP contribution in [0.3, 0.4) is 0 Å². The summed E-state index contributed by atoms with van der Waals surface area (Å²) in [5.74, 6) is -0.900. The standard InChI is InChI=1S/C14H10BrF4N/c15-10-2-1-3-12(6-10)20-8-9-4-5-11(16)7-13(9)14(17,18)19/h1-7,20H,8H2. The van der Waals surface area contributed by atoms with E-state index >= 15 is 0 Å². The van der Waals surface area contributed by atoms with Crippen molar-refractivity contribution in [3.05, 3.63) is 63.9 Å². The second kappa shape index (κ2) is 5.83. The van der Waals surface area contributed by atoms with Gasteiger partial charge in [-0.15, -0.1) is 0 Å². The molecule has 106 valence electrons. The van der Waals surface area contributed by atoms with Gasteiger partial charge in [-0.3, -0.25) is 0 Å². The van der Waals surface area contributed by atoms with E-state index in [1.807, 2.05) is 6.07 Å². The zero-order valence-corrected chi connectivity index (χ0v) is 11.7. The van der Waals surface area contributed by atoms with Crippen LogP contribution in [0.1, 0.15) is 11.1 Å². The van der Waals surface area contributed by atoms with Crippen molar-refractivity contribution in [1.82, 2.24) is 0 Å². The molecule has 0 saturated carbocycles. The number of hydrogen-bond donors (Lipinski definition) is 1. The fourth-order valence-corrected chi connectivity index (χ4v) is 2.16. The molecule has 0 heterocycles. The fourth-order valence-electron chi connectivity index (χ4n) is 1.76. The Hall–Kier alpha value is -1.56. The van der Waals surface area contributed by atoms with Gasteiger partial charge in [-0.25, -0.2) is 4.39 Å². The van der Waals surface area contributed by atoms with Crippen LogP contribution in [0.25, 0.3) is 0 Å². The Bertz CT molecular complexity index is 610. The minimum absolute atomic E-state index is 0.00104. The number of alkyl halides is 3. The smallest absolute Gasteiger partial charge is 0.381 e. The molecule has 2 rings (SSSR count). The van der Waals surface area contributed by atoms with Crippen molar-refractivity contribution in [2.24, 2.45) is 0 Å². The molecular weight excluding hydrogens is 338 g/mol. The van der Waals surface area contributed by atoms with Gasteiger partial charge in [-0.2, -0.15) is 13.2 Å². The molecule has 0 atom stereocenters. The molecule has 0 aliphatic rings. The highest BCUT2D eigenvalue weighted by Crippen LogP contribution is 2.33. The molecule has 20 heavy (non-hydrogen) atoms. The molecule has 0 aromatic heterocycles. The van der Waals surface area contributed by atoms with E-state index in [1.165, 1.54) is 0 Å². The lowest BCUT2D eigenvalue weighted by molar-refractivity contribution is -0.138. The Morgan fingerprint density at radius 3 is 2.45 bits per heavy atom. The predicted molar refractivity (Wildman–Crippen MR) is 72.9 cm³/mol. The van der Waals surface area contributed by atoms with E-state index in [4.69, 9.17) is 0 Å². The summed E-state index contributed by atoms with van der Waals surface area (Å²) in [6, 6.07) is 9.73. The minimum Gasteiger partial charge on any atom is -0.381 e. The number of anilines is 1. The first-order valence-corrected chi connectivity index (χ1v) is 6.50. The highest BCUT2D eigenvalue weighted by atomic mass is 79.9. The van der Waals surface area contributed by atoms with Crippen LogP contribution in [-0.2, 0) is 12.7 Å². The fraction of sp³-hybridized carbons (Fsp3) is 0.143. The zero-order chi connectivity index (χ0) is 14.8. The molecule has 0 fully saturated rings. The van der Waals surface area contributed by atoms with Crippen molar-refractivity contribution >= 4 is 21.6 Å². The van der Waals surface area contributed by atoms with E-state index in [9.17, 15) is 17.6 Å². The van der Waals surface area contributed by atoms with Crippen LogP contribution in [0.5, 0.6) is 0 Å². The molecule has 0 aliphatic heterocycles. The second-order valence-corrected chi connectivity index (χ2v) is 5.08. The number of rotatable bonds is 3. The van der Waals surface area contributed by atoms with Crippen molar-refractivity contribution in [3.63, 3.8) is 0 Å². The number of halogens is 5. The highest BCUT2D eigenvalue weighted by Gasteiger charge is 2.33. The molecular formula is C14H10BrF4N. The Morgan fingerprint density at radius 2 is 1.80 bits per heavy atom. The zero-order valence-electron chi connectivity index (χ0n) is 10.1. The summed E-state index contributed by atoms with van der Waals surface area (Å²) in [6.45, 7) is -0.0361. The second-order valence-electron chi connectivity index (χ2n) is 4.16. The van der Waals surface area contributed by atoms with Crippen LogP contribution in [0.15, 0.2) is 46.9 Å². The average molecular weight is 348 g/mol. The Balaban J connectivity index is 2.21. The molecule has 0 saturated heterocycles. The van der Waals surface area contributed by atoms with Crippen LogP contribution >= 0.6 is 15.9 Å². The molecule has 6 heteroatoms. The molecule has 0 radical (unpaired) electrons. The number of benzene rings is 2. The maximum Gasteiger partial charge on any atom is 0.416 e. The Kier molecular flexibility index (Phi) is 4.32. The van der Waals surface area contributed by atoms with Crippen LogP contribution < -0.4 is 5.32 Å². The van der Waals surface area contributed by atoms with Crippen LogP contribution in [-0.4, -0.2) is 0 Å². The van der Waals surface area contributed by atoms with Gasteiger partial charge in [-0.05, 0) is 35.9 Å². The topological polar surface area (TPSA) is 12.0 Å². The predicted octanol–water partition coefficient (Wildman–Crippen LogP) is 5.22. The van der Waals surface area contributed by atoms with Crippen molar-refractivity contribution in [2.45, 2.75) is 12.7 Å². The van der Waals surface area contributed by atoms with E-state index in [1.54, 1.807) is 18.2 Å². The Morgan fingerprint density at radius 1 is 1.05 bits per heavy atom. The first kappa shape index (κ1) is 14.8. The summed E-state index contributed by atoms with van der Waals surface area (Å²) < 4.78 is 52.2. The van der Waals surface area contributed by atoms with Gasteiger partial charge in [0.1, 0.15) is 5.82 Å². The van der Waals surface area contributed by atoms with Crippen LogP contribution in [0.2, 0.25) is 0 Å². The van der Waals surface area contributed by atoms with E-state index in [2.05, 4.69) is 21.2 Å². The van der Waals surface area contributed by atoms with Gasteiger partial charge in [0.05, 0.1) is 5.56 Å². The lowest BCUT2D eigenvalue weighted by atomic mass is 10.1. The average Bonchev–Trinajstić information content (AvgIpc) is 2.36. The largest absolute Gasteiger partial charge is 0.416 e. The lowest BCUT2D eigenvalue weighted by Gasteiger charge is -2.14. The minimum atomic E-state index is -4.57. The van der Waals surface area contributed by atoms with Crippen molar-refractivity contribution in [2.75, 3.05) is 5.32 Å². The maximum atomic E-state index is 13.0. The molecule has 2 aromatic rings. The van der Waals surface area contributed by atoms with E-state index in [0.717, 1.165) is 16.6 Å². The molecule has 0 bridgehead atoms. The van der Waals surface area contributed by atoms with Gasteiger partial charge >= 0.3 is 6.18 Å². The summed E-state index contributed by atoms with van der Waals surface area (Å²) in [5, 5.41) is 2.88. The van der Waals surface area contributed by atoms with Crippen LogP contribution in [0.4, 0.5) is 23.2 Å². The van der Waals surface area contributed by atoms with Gasteiger partial charge < -0.3 is 5.32 Å². The molecule has 0 aliphatic carbocycles. The molecule has 0 spiro atoms. The molecule has 0 unspecified atom stereocenters. The number of hydrogen-bond acceptors (Lipinski definition) is 1. The molecule has 2 aromatic carbocycles. The van der Waals surface area contributed by atoms with Crippen molar-refractivity contribution < 1.29 is 17.6 Å². The van der Waals surface area contributed by atoms with Gasteiger partial charge in [0, 0.05) is 16.7 Å². The van der Waals surface area contributed by atoms with Crippen molar-refractivity contribution in [3.8, 4) is 0 Å². The first-order chi connectivity index (χ1) is 9.36. The first-order valence-electron chi connectivity index (χ1n) is 5.71. The summed E-state index contributed by atoms with van der Waals surface area (Å²) in [7, 11) is 0. The normalized spacial score (nSPS) is 11.4. The molecule has 1 N–H and O–H groups in total. The van der Waals surface area contributed by atoms with Gasteiger partial charge in [0.25, 0.3) is 0 Å². The third-order valence-corrected chi connectivity index (χ3v) is 3.18. The van der Waals surface area contributed by atoms with E-state index in [-0.39, 0.29) is 12.1 Å². The van der Waals surface area contributed by atoms with E-state index in [0.29, 0.717) is 11.8 Å². The van der Waals surface area contributed by atoms with Gasteiger partial charge in [0.15, 0.2) is 0 Å². The summed E-state index contributed by atoms with van der Waals surface area (Å²) >= 11 is 3.27. The third kappa shape index (κ3) is 3.72. The summed E-state index contributed by atoms with van der Waals surface area (Å²) in [4.78, 5) is 0. The SMILES string of the molecule is Fc1ccc(CNc2cccc(Br)c2)c(C(F)(F)F)c1. The third-order valence-electron chi connectivity index (χ3n) is 2.68. The lowest BCUT2D eigenvalue weighted by Crippen LogP contribution is -2.12. The van der Waals surface area contributed by atoms with Gasteiger partial charge in [0.2, 0.25) is 0 Å². The maximum absolute atomic E-state index is 13.0. The summed E-state index contributed by atoms with van der Waals surface area (Å²) in [6.07, 6.45) is -4.57. The quantitative estimate of drug-likeness (QED) is 0.750. The molecule has 0 amide bonds. The van der Waals surface area contributed by atoms with Gasteiger partial charge in [-0.1, -0.05) is 28.1 Å². The number of nitrogens with one attached hydrogen (secondary N) is 1.